The number of anilines is 1. The number of benzene rings is 2. The molecule has 1 amide bonds. The number of nitrogen functional groups attached to an aromatic ring is 1. The summed E-state index contributed by atoms with van der Waals surface area (Å²) in [6.07, 6.45) is 0.959. The fraction of sp³-hybridized carbons (Fsp3) is 0.222. The van der Waals surface area contributed by atoms with Gasteiger partial charge < -0.3 is 16.0 Å². The standard InChI is InChI=1S/C18H20N4O/c1-12-3-2-4-14(9-12)11-22-16-7-5-13(6-8-17(19)23)10-15(16)21-18(22)20/h2-5,7,9-10H,6,8,11H2,1H3,(H2,19,23)(H2,20,21). The molecule has 0 unspecified atom stereocenters. The predicted molar refractivity (Wildman–Crippen MR) is 91.9 cm³/mol. The molecule has 3 aromatic rings. The molecule has 5 nitrogen and oxygen atoms in total. The highest BCUT2D eigenvalue weighted by atomic mass is 16.1. The topological polar surface area (TPSA) is 86.9 Å². The monoisotopic (exact) mass is 308 g/mol. The molecule has 0 radical (unpaired) electrons. The van der Waals surface area contributed by atoms with E-state index in [-0.39, 0.29) is 5.91 Å². The van der Waals surface area contributed by atoms with Gasteiger partial charge in [0.2, 0.25) is 11.9 Å². The maximum atomic E-state index is 10.9. The Balaban J connectivity index is 1.92. The molecule has 23 heavy (non-hydrogen) atoms. The number of carbonyl (C=O) groups excluding carboxylic acids is 1. The normalized spacial score (nSPS) is 11.0. The van der Waals surface area contributed by atoms with Gasteiger partial charge >= 0.3 is 0 Å². The van der Waals surface area contributed by atoms with E-state index >= 15 is 0 Å². The molecule has 0 bridgehead atoms. The van der Waals surface area contributed by atoms with Crippen LogP contribution in [0.25, 0.3) is 11.0 Å². The zero-order valence-electron chi connectivity index (χ0n) is 13.1. The van der Waals surface area contributed by atoms with E-state index < -0.39 is 0 Å². The fourth-order valence-electron chi connectivity index (χ4n) is 2.78. The van der Waals surface area contributed by atoms with Crippen molar-refractivity contribution in [2.24, 2.45) is 5.73 Å². The fourth-order valence-corrected chi connectivity index (χ4v) is 2.78. The van der Waals surface area contributed by atoms with Crippen LogP contribution in [0.15, 0.2) is 42.5 Å². The van der Waals surface area contributed by atoms with Gasteiger partial charge in [-0.15, -0.1) is 0 Å². The van der Waals surface area contributed by atoms with E-state index in [1.54, 1.807) is 0 Å². The summed E-state index contributed by atoms with van der Waals surface area (Å²) in [5.74, 6) is 0.197. The SMILES string of the molecule is Cc1cccc(Cn2c(N)nc3cc(CCC(N)=O)ccc32)c1. The van der Waals surface area contributed by atoms with E-state index in [9.17, 15) is 4.79 Å². The molecule has 118 valence electrons. The summed E-state index contributed by atoms with van der Waals surface area (Å²) in [6.45, 7) is 2.76. The number of hydrogen-bond donors (Lipinski definition) is 2. The maximum absolute atomic E-state index is 10.9. The zero-order valence-corrected chi connectivity index (χ0v) is 13.1. The molecule has 0 aliphatic rings. The second-order valence-electron chi connectivity index (χ2n) is 5.83. The number of fused-ring (bicyclic) bond motifs is 1. The predicted octanol–water partition coefficient (Wildman–Crippen LogP) is 2.39. The van der Waals surface area contributed by atoms with Gasteiger partial charge in [-0.2, -0.15) is 0 Å². The zero-order chi connectivity index (χ0) is 16.4. The molecule has 1 heterocycles. The lowest BCUT2D eigenvalue weighted by Gasteiger charge is -2.08. The van der Waals surface area contributed by atoms with E-state index in [0.717, 1.165) is 16.6 Å². The molecule has 5 heteroatoms. The summed E-state index contributed by atoms with van der Waals surface area (Å²) >= 11 is 0. The molecule has 0 spiro atoms. The van der Waals surface area contributed by atoms with Crippen molar-refractivity contribution in [3.8, 4) is 0 Å². The second-order valence-corrected chi connectivity index (χ2v) is 5.83. The van der Waals surface area contributed by atoms with Gasteiger partial charge in [-0.05, 0) is 36.6 Å². The number of aromatic nitrogens is 2. The first-order chi connectivity index (χ1) is 11.0. The Morgan fingerprint density at radius 3 is 2.74 bits per heavy atom. The van der Waals surface area contributed by atoms with Gasteiger partial charge in [-0.1, -0.05) is 35.9 Å². The van der Waals surface area contributed by atoms with Crippen molar-refractivity contribution in [2.75, 3.05) is 5.73 Å². The number of imidazole rings is 1. The number of hydrogen-bond acceptors (Lipinski definition) is 3. The van der Waals surface area contributed by atoms with Gasteiger partial charge in [0.15, 0.2) is 0 Å². The van der Waals surface area contributed by atoms with Crippen LogP contribution >= 0.6 is 0 Å². The third-order valence-corrected chi connectivity index (χ3v) is 3.93. The van der Waals surface area contributed by atoms with Crippen LogP contribution in [0.2, 0.25) is 0 Å². The van der Waals surface area contributed by atoms with Gasteiger partial charge in [0.1, 0.15) is 0 Å². The van der Waals surface area contributed by atoms with Crippen LogP contribution in [-0.2, 0) is 17.8 Å². The molecule has 0 saturated heterocycles. The van der Waals surface area contributed by atoms with E-state index in [2.05, 4.69) is 30.1 Å². The molecule has 0 saturated carbocycles. The Labute approximate surface area is 134 Å². The van der Waals surface area contributed by atoms with Gasteiger partial charge in [-0.25, -0.2) is 4.98 Å². The number of rotatable bonds is 5. The maximum Gasteiger partial charge on any atom is 0.217 e. The summed E-state index contributed by atoms with van der Waals surface area (Å²) in [5.41, 5.74) is 16.6. The Kier molecular flexibility index (Phi) is 4.02. The van der Waals surface area contributed by atoms with Crippen LogP contribution in [0, 0.1) is 6.92 Å². The number of nitrogens with two attached hydrogens (primary N) is 2. The van der Waals surface area contributed by atoms with Crippen molar-refractivity contribution in [3.05, 3.63) is 59.2 Å². The highest BCUT2D eigenvalue weighted by Crippen LogP contribution is 2.21. The first kappa shape index (κ1) is 15.1. The van der Waals surface area contributed by atoms with Gasteiger partial charge in [0.25, 0.3) is 0 Å². The van der Waals surface area contributed by atoms with Crippen molar-refractivity contribution in [3.63, 3.8) is 0 Å². The first-order valence-electron chi connectivity index (χ1n) is 7.61. The lowest BCUT2D eigenvalue weighted by molar-refractivity contribution is -0.117. The molecule has 0 aliphatic heterocycles. The van der Waals surface area contributed by atoms with Crippen LogP contribution < -0.4 is 11.5 Å². The first-order valence-corrected chi connectivity index (χ1v) is 7.61. The lowest BCUT2D eigenvalue weighted by Crippen LogP contribution is -2.11. The minimum Gasteiger partial charge on any atom is -0.370 e. The molecular formula is C18H20N4O. The van der Waals surface area contributed by atoms with E-state index in [1.807, 2.05) is 28.8 Å². The number of nitrogens with zero attached hydrogens (tertiary/aromatic N) is 2. The molecule has 1 aromatic heterocycles. The number of carbonyl (C=O) groups is 1. The lowest BCUT2D eigenvalue weighted by atomic mass is 10.1. The van der Waals surface area contributed by atoms with Crippen molar-refractivity contribution in [1.82, 2.24) is 9.55 Å². The molecule has 2 aromatic carbocycles. The summed E-state index contributed by atoms with van der Waals surface area (Å²) < 4.78 is 2.00. The molecule has 0 fully saturated rings. The Morgan fingerprint density at radius 2 is 2.00 bits per heavy atom. The van der Waals surface area contributed by atoms with Crippen LogP contribution in [-0.4, -0.2) is 15.5 Å². The molecule has 4 N–H and O–H groups in total. The second kappa shape index (κ2) is 6.12. The third kappa shape index (κ3) is 3.34. The average Bonchev–Trinajstić information content (AvgIpc) is 2.80. The molecule has 0 aliphatic carbocycles. The van der Waals surface area contributed by atoms with E-state index in [4.69, 9.17) is 11.5 Å². The summed E-state index contributed by atoms with van der Waals surface area (Å²) in [4.78, 5) is 15.4. The molecule has 3 rings (SSSR count). The quantitative estimate of drug-likeness (QED) is 0.758. The summed E-state index contributed by atoms with van der Waals surface area (Å²) in [7, 11) is 0. The van der Waals surface area contributed by atoms with E-state index in [1.165, 1.54) is 11.1 Å². The van der Waals surface area contributed by atoms with Crippen molar-refractivity contribution >= 4 is 22.9 Å². The van der Waals surface area contributed by atoms with Crippen molar-refractivity contribution < 1.29 is 4.79 Å². The van der Waals surface area contributed by atoms with Crippen LogP contribution in [0.4, 0.5) is 5.95 Å². The van der Waals surface area contributed by atoms with E-state index in [0.29, 0.717) is 25.3 Å². The minimum absolute atomic E-state index is 0.297. The Morgan fingerprint density at radius 1 is 1.17 bits per heavy atom. The highest BCUT2D eigenvalue weighted by Gasteiger charge is 2.10. The minimum atomic E-state index is -0.297. The smallest absolute Gasteiger partial charge is 0.217 e. The Hall–Kier alpha value is -2.82. The van der Waals surface area contributed by atoms with Crippen LogP contribution in [0.3, 0.4) is 0 Å². The number of amides is 1. The molecular weight excluding hydrogens is 288 g/mol. The van der Waals surface area contributed by atoms with Crippen LogP contribution in [0.1, 0.15) is 23.1 Å². The summed E-state index contributed by atoms with van der Waals surface area (Å²) in [5, 5.41) is 0. The molecule has 0 atom stereocenters. The largest absolute Gasteiger partial charge is 0.370 e. The Bertz CT molecular complexity index is 867. The van der Waals surface area contributed by atoms with Crippen molar-refractivity contribution in [2.45, 2.75) is 26.3 Å². The highest BCUT2D eigenvalue weighted by molar-refractivity contribution is 5.79. The van der Waals surface area contributed by atoms with Gasteiger partial charge in [0, 0.05) is 6.42 Å². The van der Waals surface area contributed by atoms with Gasteiger partial charge in [0.05, 0.1) is 17.6 Å². The summed E-state index contributed by atoms with van der Waals surface area (Å²) in [6, 6.07) is 14.3. The van der Waals surface area contributed by atoms with Crippen LogP contribution in [0.5, 0.6) is 0 Å². The third-order valence-electron chi connectivity index (χ3n) is 3.93. The average molecular weight is 308 g/mol. The van der Waals surface area contributed by atoms with Crippen molar-refractivity contribution in [1.29, 1.82) is 0 Å². The number of primary amides is 1. The van der Waals surface area contributed by atoms with Gasteiger partial charge in [-0.3, -0.25) is 4.79 Å². The number of aryl methyl sites for hydroxylation is 2.